The van der Waals surface area contributed by atoms with Crippen molar-refractivity contribution in [1.29, 1.82) is 0 Å². The molecule has 0 fully saturated rings. The molecule has 9 heteroatoms. The molecule has 0 saturated heterocycles. The van der Waals surface area contributed by atoms with E-state index in [1.165, 1.54) is 6.21 Å². The molecule has 36 heavy (non-hydrogen) atoms. The van der Waals surface area contributed by atoms with Gasteiger partial charge in [-0.25, -0.2) is 19.8 Å². The van der Waals surface area contributed by atoms with Gasteiger partial charge in [0.25, 0.3) is 0 Å². The number of nitrogens with zero attached hydrogens (tertiary/aromatic N) is 6. The highest BCUT2D eigenvalue weighted by Crippen LogP contribution is 2.21. The lowest BCUT2D eigenvalue weighted by Gasteiger charge is -2.05. The zero-order chi connectivity index (χ0) is 24.9. The summed E-state index contributed by atoms with van der Waals surface area (Å²) in [5.41, 5.74) is 6.53. The van der Waals surface area contributed by atoms with Gasteiger partial charge < -0.3 is 0 Å². The lowest BCUT2D eigenvalue weighted by Crippen LogP contribution is -2.19. The summed E-state index contributed by atoms with van der Waals surface area (Å²) >= 11 is 6.54. The third-order valence-corrected chi connectivity index (χ3v) is 5.89. The molecule has 1 amide bonds. The second kappa shape index (κ2) is 10.4. The van der Waals surface area contributed by atoms with Crippen molar-refractivity contribution in [1.82, 2.24) is 30.0 Å². The van der Waals surface area contributed by atoms with Crippen molar-refractivity contribution >= 4 is 23.7 Å². The molecule has 0 aliphatic heterocycles. The average Bonchev–Trinajstić information content (AvgIpc) is 3.48. The number of rotatable bonds is 7. The predicted molar refractivity (Wildman–Crippen MR) is 139 cm³/mol. The van der Waals surface area contributed by atoms with E-state index in [4.69, 9.17) is 11.6 Å². The zero-order valence-corrected chi connectivity index (χ0v) is 20.2. The van der Waals surface area contributed by atoms with Crippen molar-refractivity contribution in [2.75, 3.05) is 0 Å². The number of para-hydroxylation sites is 1. The van der Waals surface area contributed by atoms with Crippen LogP contribution in [0.5, 0.6) is 0 Å². The number of amides is 1. The van der Waals surface area contributed by atoms with E-state index in [1.54, 1.807) is 9.36 Å². The first kappa shape index (κ1) is 23.2. The zero-order valence-electron chi connectivity index (χ0n) is 19.4. The highest BCUT2D eigenvalue weighted by Gasteiger charge is 2.19. The number of hydrazone groups is 1. The molecule has 3 aromatic carbocycles. The summed E-state index contributed by atoms with van der Waals surface area (Å²) in [5.74, 6) is 0.0121. The molecule has 178 valence electrons. The molecule has 1 N–H and O–H groups in total. The van der Waals surface area contributed by atoms with Gasteiger partial charge in [0.05, 0.1) is 29.7 Å². The monoisotopic (exact) mass is 495 g/mol. The maximum Gasteiger partial charge on any atom is 0.311 e. The highest BCUT2D eigenvalue weighted by atomic mass is 35.5. The second-order valence-corrected chi connectivity index (χ2v) is 8.36. The van der Waals surface area contributed by atoms with Gasteiger partial charge in [0.2, 0.25) is 5.82 Å². The van der Waals surface area contributed by atoms with Crippen LogP contribution in [0.1, 0.15) is 27.4 Å². The van der Waals surface area contributed by atoms with Crippen LogP contribution in [0, 0.1) is 6.92 Å². The molecule has 5 aromatic rings. The molecule has 0 aliphatic carbocycles. The predicted octanol–water partition coefficient (Wildman–Crippen LogP) is 4.90. The van der Waals surface area contributed by atoms with Gasteiger partial charge in [0.1, 0.15) is 5.15 Å². The third kappa shape index (κ3) is 4.94. The Bertz CT molecular complexity index is 1450. The highest BCUT2D eigenvalue weighted by molar-refractivity contribution is 6.32. The molecule has 0 atom stereocenters. The number of hydrogen-bond donors (Lipinski definition) is 1. The largest absolute Gasteiger partial charge is 0.311 e. The third-order valence-electron chi connectivity index (χ3n) is 5.49. The Morgan fingerprint density at radius 2 is 1.58 bits per heavy atom. The van der Waals surface area contributed by atoms with Crippen LogP contribution in [0.4, 0.5) is 0 Å². The van der Waals surface area contributed by atoms with Crippen LogP contribution in [0.25, 0.3) is 17.1 Å². The first-order valence-electron chi connectivity index (χ1n) is 11.3. The molecule has 0 unspecified atom stereocenters. The van der Waals surface area contributed by atoms with Crippen molar-refractivity contribution in [3.8, 4) is 17.1 Å². The summed E-state index contributed by atoms with van der Waals surface area (Å²) < 4.78 is 3.34. The molecule has 2 heterocycles. The van der Waals surface area contributed by atoms with Crippen molar-refractivity contribution in [3.63, 3.8) is 0 Å². The number of hydrogen-bond acceptors (Lipinski definition) is 5. The Labute approximate surface area is 212 Å². The average molecular weight is 496 g/mol. The summed E-state index contributed by atoms with van der Waals surface area (Å²) in [4.78, 5) is 17.4. The van der Waals surface area contributed by atoms with Gasteiger partial charge in [0, 0.05) is 5.56 Å². The normalized spacial score (nSPS) is 11.2. The topological polar surface area (TPSA) is 90.0 Å². The van der Waals surface area contributed by atoms with Crippen LogP contribution in [-0.4, -0.2) is 36.7 Å². The van der Waals surface area contributed by atoms with Crippen LogP contribution < -0.4 is 5.43 Å². The van der Waals surface area contributed by atoms with Crippen LogP contribution in [-0.2, 0) is 6.54 Å². The van der Waals surface area contributed by atoms with E-state index in [0.717, 1.165) is 16.8 Å². The van der Waals surface area contributed by atoms with Crippen molar-refractivity contribution in [2.45, 2.75) is 13.5 Å². The first-order valence-corrected chi connectivity index (χ1v) is 11.7. The number of carbonyl (C=O) groups excluding carboxylic acids is 1. The van der Waals surface area contributed by atoms with Gasteiger partial charge in [-0.1, -0.05) is 90.5 Å². The molecule has 0 bridgehead atoms. The van der Waals surface area contributed by atoms with E-state index in [-0.39, 0.29) is 5.82 Å². The van der Waals surface area contributed by atoms with Crippen LogP contribution in [0.15, 0.2) is 96.1 Å². The Morgan fingerprint density at radius 3 is 2.28 bits per heavy atom. The molecule has 2 aromatic heterocycles. The van der Waals surface area contributed by atoms with Crippen LogP contribution in [0.2, 0.25) is 5.15 Å². The number of nitrogens with one attached hydrogen (secondary N) is 1. The second-order valence-electron chi connectivity index (χ2n) is 8.00. The fraction of sp³-hybridized carbons (Fsp3) is 0.0741. The van der Waals surface area contributed by atoms with Gasteiger partial charge >= 0.3 is 5.91 Å². The van der Waals surface area contributed by atoms with E-state index in [9.17, 15) is 4.79 Å². The van der Waals surface area contributed by atoms with Crippen molar-refractivity contribution < 1.29 is 4.79 Å². The SMILES string of the molecule is Cc1nn(Cc2ccccc2)c(Cl)c1/C=N/NC(=O)c1nc(-c2ccccc2)n(-c2ccccc2)n1. The molecule has 5 rings (SSSR count). The fourth-order valence-corrected chi connectivity index (χ4v) is 4.00. The quantitative estimate of drug-likeness (QED) is 0.257. The van der Waals surface area contributed by atoms with Gasteiger partial charge in [-0.3, -0.25) is 4.79 Å². The fourth-order valence-electron chi connectivity index (χ4n) is 3.71. The summed E-state index contributed by atoms with van der Waals surface area (Å²) in [6.45, 7) is 2.37. The molecule has 0 saturated carbocycles. The first-order chi connectivity index (χ1) is 17.6. The van der Waals surface area contributed by atoms with Crippen LogP contribution >= 0.6 is 11.6 Å². The number of aryl methyl sites for hydroxylation is 1. The van der Waals surface area contributed by atoms with Crippen molar-refractivity contribution in [3.05, 3.63) is 119 Å². The van der Waals surface area contributed by atoms with E-state index in [1.807, 2.05) is 97.9 Å². The van der Waals surface area contributed by atoms with E-state index >= 15 is 0 Å². The number of benzene rings is 3. The maximum atomic E-state index is 12.9. The standard InChI is InChI=1S/C27H22ClN7O/c1-19-23(24(28)34(32-19)18-20-11-5-2-6-12-20)17-29-31-27(36)25-30-26(21-13-7-3-8-14-21)35(33-25)22-15-9-4-10-16-22/h2-17H,18H2,1H3,(H,31,36)/b29-17+. The van der Waals surface area contributed by atoms with E-state index in [2.05, 4.69) is 25.7 Å². The van der Waals surface area contributed by atoms with Gasteiger partial charge in [-0.2, -0.15) is 10.2 Å². The van der Waals surface area contributed by atoms with Gasteiger partial charge in [-0.15, -0.1) is 5.10 Å². The minimum Gasteiger partial charge on any atom is -0.264 e. The van der Waals surface area contributed by atoms with Gasteiger partial charge in [0.15, 0.2) is 5.82 Å². The lowest BCUT2D eigenvalue weighted by atomic mass is 10.2. The molecule has 0 radical (unpaired) electrons. The van der Waals surface area contributed by atoms with Crippen molar-refractivity contribution in [2.24, 2.45) is 5.10 Å². The van der Waals surface area contributed by atoms with Gasteiger partial charge in [-0.05, 0) is 24.6 Å². The number of halogens is 1. The van der Waals surface area contributed by atoms with E-state index < -0.39 is 5.91 Å². The molecule has 0 spiro atoms. The summed E-state index contributed by atoms with van der Waals surface area (Å²) in [7, 11) is 0. The Balaban J connectivity index is 1.36. The molecule has 8 nitrogen and oxygen atoms in total. The minimum absolute atomic E-state index is 0.00236. The molecule has 0 aliphatic rings. The Kier molecular flexibility index (Phi) is 6.68. The number of carbonyl (C=O) groups is 1. The summed E-state index contributed by atoms with van der Waals surface area (Å²) in [6, 6.07) is 29.0. The smallest absolute Gasteiger partial charge is 0.264 e. The number of aromatic nitrogens is 5. The van der Waals surface area contributed by atoms with E-state index in [0.29, 0.717) is 28.8 Å². The molecular weight excluding hydrogens is 474 g/mol. The minimum atomic E-state index is -0.538. The summed E-state index contributed by atoms with van der Waals surface area (Å²) in [6.07, 6.45) is 1.48. The lowest BCUT2D eigenvalue weighted by molar-refractivity contribution is 0.0945. The Morgan fingerprint density at radius 1 is 0.944 bits per heavy atom. The molecular formula is C27H22ClN7O. The maximum absolute atomic E-state index is 12.9. The summed E-state index contributed by atoms with van der Waals surface area (Å²) in [5, 5.41) is 13.5. The van der Waals surface area contributed by atoms with Crippen LogP contribution in [0.3, 0.4) is 0 Å². The Hall–Kier alpha value is -4.56.